The maximum absolute atomic E-state index is 13.2. The smallest absolute Gasteiger partial charge is 0.289 e. The first kappa shape index (κ1) is 21.9. The first-order chi connectivity index (χ1) is 14.4. The lowest BCUT2D eigenvalue weighted by atomic mass is 9.97. The average Bonchev–Trinajstić information content (AvgIpc) is 3.31. The number of rotatable bonds is 6. The summed E-state index contributed by atoms with van der Waals surface area (Å²) in [4.78, 5) is 41.7. The van der Waals surface area contributed by atoms with Crippen LogP contribution in [0.2, 0.25) is 5.02 Å². The Morgan fingerprint density at radius 3 is 2.27 bits per heavy atom. The van der Waals surface area contributed by atoms with Gasteiger partial charge >= 0.3 is 0 Å². The van der Waals surface area contributed by atoms with Crippen LogP contribution in [0.3, 0.4) is 0 Å². The van der Waals surface area contributed by atoms with E-state index in [1.165, 1.54) is 6.26 Å². The molecule has 7 nitrogen and oxygen atoms in total. The summed E-state index contributed by atoms with van der Waals surface area (Å²) < 4.78 is 5.17. The fraction of sp³-hybridized carbons (Fsp3) is 0.409. The van der Waals surface area contributed by atoms with Gasteiger partial charge in [0.2, 0.25) is 5.91 Å². The number of halogens is 1. The van der Waals surface area contributed by atoms with Crippen molar-refractivity contribution >= 4 is 29.3 Å². The molecule has 1 fully saturated rings. The molecule has 30 heavy (non-hydrogen) atoms. The molecule has 1 aromatic carbocycles. The molecular weight excluding hydrogens is 406 g/mol. The van der Waals surface area contributed by atoms with Gasteiger partial charge in [0.1, 0.15) is 6.04 Å². The Balaban J connectivity index is 1.63. The van der Waals surface area contributed by atoms with E-state index < -0.39 is 6.04 Å². The minimum absolute atomic E-state index is 0.0310. The number of carbonyl (C=O) groups is 3. The zero-order valence-electron chi connectivity index (χ0n) is 17.1. The second-order valence-corrected chi connectivity index (χ2v) is 7.87. The Hall–Kier alpha value is -2.80. The van der Waals surface area contributed by atoms with Gasteiger partial charge in [0, 0.05) is 36.8 Å². The van der Waals surface area contributed by atoms with Gasteiger partial charge in [-0.05, 0) is 42.3 Å². The summed E-state index contributed by atoms with van der Waals surface area (Å²) >= 11 is 5.89. The number of hydrogen-bond acceptors (Lipinski definition) is 4. The number of furan rings is 1. The van der Waals surface area contributed by atoms with Gasteiger partial charge in [-0.2, -0.15) is 0 Å². The van der Waals surface area contributed by atoms with E-state index in [1.807, 2.05) is 13.8 Å². The van der Waals surface area contributed by atoms with E-state index in [1.54, 1.807) is 46.2 Å². The minimum atomic E-state index is -0.634. The molecule has 1 saturated heterocycles. The van der Waals surface area contributed by atoms with E-state index in [4.69, 9.17) is 16.0 Å². The summed E-state index contributed by atoms with van der Waals surface area (Å²) in [7, 11) is 0. The predicted octanol–water partition coefficient (Wildman–Crippen LogP) is 3.06. The second kappa shape index (κ2) is 9.80. The Labute approximate surface area is 181 Å². The number of benzene rings is 1. The molecule has 2 heterocycles. The molecule has 8 heteroatoms. The zero-order chi connectivity index (χ0) is 21.7. The van der Waals surface area contributed by atoms with Crippen LogP contribution in [-0.2, 0) is 4.79 Å². The van der Waals surface area contributed by atoms with Crippen LogP contribution < -0.4 is 5.32 Å². The van der Waals surface area contributed by atoms with E-state index in [0.29, 0.717) is 42.5 Å². The van der Waals surface area contributed by atoms with E-state index in [0.717, 1.165) is 6.42 Å². The van der Waals surface area contributed by atoms with Crippen molar-refractivity contribution in [2.45, 2.75) is 26.3 Å². The Morgan fingerprint density at radius 2 is 1.70 bits per heavy atom. The van der Waals surface area contributed by atoms with Crippen LogP contribution in [0.4, 0.5) is 0 Å². The highest BCUT2D eigenvalue weighted by Crippen LogP contribution is 2.16. The molecular formula is C22H26ClN3O4. The van der Waals surface area contributed by atoms with Crippen molar-refractivity contribution in [1.29, 1.82) is 0 Å². The SMILES string of the molecule is CCC(C)C(NC(=O)c1ccc(Cl)cc1)C(=O)N1CCN(C(=O)c2ccco2)CC1. The molecule has 0 spiro atoms. The summed E-state index contributed by atoms with van der Waals surface area (Å²) in [5.41, 5.74) is 0.453. The standard InChI is InChI=1S/C22H26ClN3O4/c1-3-15(2)19(24-20(27)16-6-8-17(23)9-7-16)22(29)26-12-10-25(11-13-26)21(28)18-5-4-14-30-18/h4-9,14-15,19H,3,10-13H2,1-2H3,(H,24,27). The Kier molecular flexibility index (Phi) is 7.15. The number of carbonyl (C=O) groups excluding carboxylic acids is 3. The van der Waals surface area contributed by atoms with Crippen molar-refractivity contribution in [3.8, 4) is 0 Å². The molecule has 1 aliphatic rings. The van der Waals surface area contributed by atoms with Gasteiger partial charge < -0.3 is 19.5 Å². The molecule has 160 valence electrons. The third-order valence-corrected chi connectivity index (χ3v) is 5.73. The second-order valence-electron chi connectivity index (χ2n) is 7.44. The molecule has 3 amide bonds. The topological polar surface area (TPSA) is 82.9 Å². The number of amides is 3. The molecule has 1 N–H and O–H groups in total. The molecule has 0 radical (unpaired) electrons. The van der Waals surface area contributed by atoms with Gasteiger partial charge in [-0.15, -0.1) is 0 Å². The third kappa shape index (κ3) is 5.02. The van der Waals surface area contributed by atoms with Crippen molar-refractivity contribution in [1.82, 2.24) is 15.1 Å². The van der Waals surface area contributed by atoms with Crippen molar-refractivity contribution in [3.05, 3.63) is 59.0 Å². The monoisotopic (exact) mass is 431 g/mol. The summed E-state index contributed by atoms with van der Waals surface area (Å²) in [5, 5.41) is 3.43. The number of piperazine rings is 1. The van der Waals surface area contributed by atoms with Gasteiger partial charge in [0.25, 0.3) is 11.8 Å². The number of hydrogen-bond donors (Lipinski definition) is 1. The van der Waals surface area contributed by atoms with Crippen molar-refractivity contribution in [2.75, 3.05) is 26.2 Å². The highest BCUT2D eigenvalue weighted by Gasteiger charge is 2.33. The van der Waals surface area contributed by atoms with Crippen LogP contribution in [0, 0.1) is 5.92 Å². The summed E-state index contributed by atoms with van der Waals surface area (Å²) in [5.74, 6) is -0.352. The van der Waals surface area contributed by atoms with Crippen molar-refractivity contribution < 1.29 is 18.8 Å². The first-order valence-corrected chi connectivity index (χ1v) is 10.5. The van der Waals surface area contributed by atoms with Gasteiger partial charge in [-0.3, -0.25) is 14.4 Å². The number of nitrogens with zero attached hydrogens (tertiary/aromatic N) is 2. The van der Waals surface area contributed by atoms with Crippen LogP contribution in [-0.4, -0.2) is 59.7 Å². The van der Waals surface area contributed by atoms with E-state index in [-0.39, 0.29) is 23.6 Å². The zero-order valence-corrected chi connectivity index (χ0v) is 17.9. The Morgan fingerprint density at radius 1 is 1.07 bits per heavy atom. The molecule has 1 aliphatic heterocycles. The van der Waals surface area contributed by atoms with Crippen molar-refractivity contribution in [2.24, 2.45) is 5.92 Å². The molecule has 0 bridgehead atoms. The first-order valence-electron chi connectivity index (χ1n) is 10.1. The summed E-state index contributed by atoms with van der Waals surface area (Å²) in [6.07, 6.45) is 2.21. The highest BCUT2D eigenvalue weighted by atomic mass is 35.5. The van der Waals surface area contributed by atoms with Gasteiger partial charge in [0.15, 0.2) is 5.76 Å². The average molecular weight is 432 g/mol. The van der Waals surface area contributed by atoms with Crippen LogP contribution in [0.25, 0.3) is 0 Å². The molecule has 2 atom stereocenters. The van der Waals surface area contributed by atoms with Crippen LogP contribution in [0.15, 0.2) is 47.1 Å². The normalized spacial score (nSPS) is 16.1. The lowest BCUT2D eigenvalue weighted by molar-refractivity contribution is -0.136. The van der Waals surface area contributed by atoms with Gasteiger partial charge in [-0.25, -0.2) is 0 Å². The largest absolute Gasteiger partial charge is 0.459 e. The fourth-order valence-corrected chi connectivity index (χ4v) is 3.52. The minimum Gasteiger partial charge on any atom is -0.459 e. The lowest BCUT2D eigenvalue weighted by Crippen LogP contribution is -2.57. The summed E-state index contributed by atoms with van der Waals surface area (Å²) in [6.45, 7) is 5.60. The maximum Gasteiger partial charge on any atom is 0.289 e. The molecule has 2 aromatic rings. The van der Waals surface area contributed by atoms with Crippen LogP contribution >= 0.6 is 11.6 Å². The maximum atomic E-state index is 13.2. The molecule has 0 saturated carbocycles. The predicted molar refractivity (Wildman–Crippen MR) is 113 cm³/mol. The van der Waals surface area contributed by atoms with E-state index in [2.05, 4.69) is 5.32 Å². The molecule has 0 aliphatic carbocycles. The van der Waals surface area contributed by atoms with E-state index in [9.17, 15) is 14.4 Å². The van der Waals surface area contributed by atoms with Crippen LogP contribution in [0.1, 0.15) is 41.2 Å². The molecule has 3 rings (SSSR count). The molecule has 2 unspecified atom stereocenters. The third-order valence-electron chi connectivity index (χ3n) is 5.48. The van der Waals surface area contributed by atoms with E-state index >= 15 is 0 Å². The summed E-state index contributed by atoms with van der Waals surface area (Å²) in [6, 6.07) is 9.23. The highest BCUT2D eigenvalue weighted by molar-refractivity contribution is 6.30. The number of nitrogens with one attached hydrogen (secondary N) is 1. The van der Waals surface area contributed by atoms with Gasteiger partial charge in [0.05, 0.1) is 6.26 Å². The van der Waals surface area contributed by atoms with Crippen molar-refractivity contribution in [3.63, 3.8) is 0 Å². The van der Waals surface area contributed by atoms with Crippen LogP contribution in [0.5, 0.6) is 0 Å². The Bertz CT molecular complexity index is 874. The fourth-order valence-electron chi connectivity index (χ4n) is 3.39. The lowest BCUT2D eigenvalue weighted by Gasteiger charge is -2.37. The quantitative estimate of drug-likeness (QED) is 0.762. The molecule has 1 aromatic heterocycles. The van der Waals surface area contributed by atoms with Gasteiger partial charge in [-0.1, -0.05) is 31.9 Å².